The second-order valence-electron chi connectivity index (χ2n) is 7.95. The summed E-state index contributed by atoms with van der Waals surface area (Å²) in [5, 5.41) is 5.33. The van der Waals surface area contributed by atoms with Gasteiger partial charge in [-0.15, -0.1) is 0 Å². The minimum atomic E-state index is -3.83. The molecule has 0 aliphatic carbocycles. The van der Waals surface area contributed by atoms with E-state index in [9.17, 15) is 18.0 Å². The number of ether oxygens (including phenoxy) is 1. The van der Waals surface area contributed by atoms with Crippen LogP contribution in [0.4, 0.5) is 17.1 Å². The van der Waals surface area contributed by atoms with E-state index in [4.69, 9.17) is 4.74 Å². The van der Waals surface area contributed by atoms with E-state index in [1.807, 2.05) is 18.2 Å². The van der Waals surface area contributed by atoms with Crippen molar-refractivity contribution in [2.75, 3.05) is 41.7 Å². The van der Waals surface area contributed by atoms with Gasteiger partial charge in [0.25, 0.3) is 15.9 Å². The van der Waals surface area contributed by atoms with Gasteiger partial charge in [0, 0.05) is 19.8 Å². The lowest BCUT2D eigenvalue weighted by molar-refractivity contribution is -0.127. The summed E-state index contributed by atoms with van der Waals surface area (Å²) in [5.41, 5.74) is 1.57. The third-order valence-electron chi connectivity index (χ3n) is 5.63. The SMILES string of the molecule is CNC(=O)[C@H]1CN(CC(=O)Nc2cccc(S(=O)(=O)N(C)c3ccccc3)c2)c2ccccc2O1. The quantitative estimate of drug-likeness (QED) is 0.523. The summed E-state index contributed by atoms with van der Waals surface area (Å²) < 4.78 is 33.2. The highest BCUT2D eigenvalue weighted by molar-refractivity contribution is 7.92. The van der Waals surface area contributed by atoms with Crippen molar-refractivity contribution in [2.24, 2.45) is 0 Å². The summed E-state index contributed by atoms with van der Waals surface area (Å²) in [5.74, 6) is -0.133. The number of rotatable bonds is 7. The Morgan fingerprint density at radius 2 is 1.74 bits per heavy atom. The van der Waals surface area contributed by atoms with E-state index in [2.05, 4.69) is 10.6 Å². The van der Waals surface area contributed by atoms with Gasteiger partial charge in [-0.2, -0.15) is 0 Å². The lowest BCUT2D eigenvalue weighted by atomic mass is 10.1. The molecule has 1 heterocycles. The van der Waals surface area contributed by atoms with Crippen molar-refractivity contribution in [3.63, 3.8) is 0 Å². The van der Waals surface area contributed by atoms with Crippen LogP contribution in [0.1, 0.15) is 0 Å². The average molecular weight is 495 g/mol. The second kappa shape index (κ2) is 10.1. The van der Waals surface area contributed by atoms with Gasteiger partial charge in [-0.25, -0.2) is 8.42 Å². The Morgan fingerprint density at radius 1 is 1.03 bits per heavy atom. The van der Waals surface area contributed by atoms with E-state index in [0.29, 0.717) is 22.8 Å². The first-order valence-electron chi connectivity index (χ1n) is 11.0. The van der Waals surface area contributed by atoms with E-state index in [1.165, 1.54) is 30.5 Å². The number of para-hydroxylation sites is 3. The standard InChI is InChI=1S/C25H26N4O5S/c1-26-25(31)23-16-29(21-13-6-7-14-22(21)34-23)17-24(30)27-18-9-8-12-20(15-18)35(32,33)28(2)19-10-4-3-5-11-19/h3-15,23H,16-17H2,1-2H3,(H,26,31)(H,27,30)/t23-/m1/s1. The topological polar surface area (TPSA) is 108 Å². The molecule has 2 N–H and O–H groups in total. The summed E-state index contributed by atoms with van der Waals surface area (Å²) in [6, 6.07) is 22.0. The number of amides is 2. The van der Waals surface area contributed by atoms with Crippen LogP contribution in [0.25, 0.3) is 0 Å². The van der Waals surface area contributed by atoms with E-state index in [0.717, 1.165) is 0 Å². The zero-order chi connectivity index (χ0) is 25.0. The van der Waals surface area contributed by atoms with Crippen molar-refractivity contribution in [3.8, 4) is 5.75 Å². The molecule has 0 unspecified atom stereocenters. The van der Waals surface area contributed by atoms with Crippen molar-refractivity contribution < 1.29 is 22.7 Å². The molecule has 1 aliphatic heterocycles. The fourth-order valence-corrected chi connectivity index (χ4v) is 5.04. The van der Waals surface area contributed by atoms with Crippen molar-refractivity contribution in [1.82, 2.24) is 5.32 Å². The third kappa shape index (κ3) is 5.22. The Kier molecular flexibility index (Phi) is 6.92. The highest BCUT2D eigenvalue weighted by Crippen LogP contribution is 2.33. The predicted octanol–water partition coefficient (Wildman–Crippen LogP) is 2.46. The lowest BCUT2D eigenvalue weighted by Crippen LogP contribution is -2.50. The molecule has 3 aromatic carbocycles. The van der Waals surface area contributed by atoms with Crippen LogP contribution < -0.4 is 24.6 Å². The molecule has 35 heavy (non-hydrogen) atoms. The van der Waals surface area contributed by atoms with Crippen molar-refractivity contribution in [2.45, 2.75) is 11.0 Å². The maximum absolute atomic E-state index is 13.1. The molecule has 2 amide bonds. The number of hydrogen-bond acceptors (Lipinski definition) is 6. The van der Waals surface area contributed by atoms with Crippen LogP contribution in [-0.4, -0.2) is 53.5 Å². The Hall–Kier alpha value is -4.05. The zero-order valence-corrected chi connectivity index (χ0v) is 20.2. The van der Waals surface area contributed by atoms with Gasteiger partial charge in [0.2, 0.25) is 5.91 Å². The number of sulfonamides is 1. The summed E-state index contributed by atoms with van der Waals surface area (Å²) in [6.45, 7) is 0.148. The molecular formula is C25H26N4O5S. The normalized spacial score (nSPS) is 14.9. The first-order valence-corrected chi connectivity index (χ1v) is 12.4. The minimum Gasteiger partial charge on any atom is -0.477 e. The largest absolute Gasteiger partial charge is 0.477 e. The van der Waals surface area contributed by atoms with Gasteiger partial charge in [-0.3, -0.25) is 13.9 Å². The molecule has 3 aromatic rings. The number of anilines is 3. The monoisotopic (exact) mass is 494 g/mol. The van der Waals surface area contributed by atoms with E-state index < -0.39 is 16.1 Å². The molecule has 0 saturated carbocycles. The van der Waals surface area contributed by atoms with Crippen LogP contribution in [0.5, 0.6) is 5.75 Å². The smallest absolute Gasteiger partial charge is 0.264 e. The number of nitrogens with zero attached hydrogens (tertiary/aromatic N) is 2. The lowest BCUT2D eigenvalue weighted by Gasteiger charge is -2.35. The molecule has 0 bridgehead atoms. The molecule has 0 radical (unpaired) electrons. The van der Waals surface area contributed by atoms with Crippen LogP contribution in [0.3, 0.4) is 0 Å². The van der Waals surface area contributed by atoms with Crippen molar-refractivity contribution in [1.29, 1.82) is 0 Å². The molecule has 0 saturated heterocycles. The van der Waals surface area contributed by atoms with Gasteiger partial charge in [-0.05, 0) is 42.5 Å². The molecule has 0 aromatic heterocycles. The summed E-state index contributed by atoms with van der Waals surface area (Å²) in [4.78, 5) is 26.9. The summed E-state index contributed by atoms with van der Waals surface area (Å²) >= 11 is 0. The number of hydrogen-bond donors (Lipinski definition) is 2. The Morgan fingerprint density at radius 3 is 2.49 bits per heavy atom. The third-order valence-corrected chi connectivity index (χ3v) is 7.41. The molecule has 1 atom stereocenters. The highest BCUT2D eigenvalue weighted by atomic mass is 32.2. The first kappa shape index (κ1) is 24.1. The van der Waals surface area contributed by atoms with E-state index in [1.54, 1.807) is 53.4 Å². The Balaban J connectivity index is 1.50. The molecule has 10 heteroatoms. The average Bonchev–Trinajstić information content (AvgIpc) is 2.88. The molecule has 182 valence electrons. The molecule has 4 rings (SSSR count). The Bertz CT molecular complexity index is 1330. The molecule has 0 fully saturated rings. The van der Waals surface area contributed by atoms with Gasteiger partial charge < -0.3 is 20.3 Å². The maximum atomic E-state index is 13.1. The van der Waals surface area contributed by atoms with Gasteiger partial charge in [0.05, 0.1) is 29.4 Å². The van der Waals surface area contributed by atoms with Crippen LogP contribution in [0.2, 0.25) is 0 Å². The van der Waals surface area contributed by atoms with Crippen LogP contribution in [0.15, 0.2) is 83.8 Å². The number of benzene rings is 3. The molecule has 1 aliphatic rings. The van der Waals surface area contributed by atoms with E-state index >= 15 is 0 Å². The highest BCUT2D eigenvalue weighted by Gasteiger charge is 2.31. The van der Waals surface area contributed by atoms with Gasteiger partial charge >= 0.3 is 0 Å². The number of carbonyl (C=O) groups is 2. The number of likely N-dealkylation sites (N-methyl/N-ethyl adjacent to an activating group) is 1. The van der Waals surface area contributed by atoms with Gasteiger partial charge in [0.1, 0.15) is 5.75 Å². The zero-order valence-electron chi connectivity index (χ0n) is 19.3. The van der Waals surface area contributed by atoms with Crippen molar-refractivity contribution >= 4 is 38.9 Å². The summed E-state index contributed by atoms with van der Waals surface area (Å²) in [7, 11) is -0.818. The maximum Gasteiger partial charge on any atom is 0.264 e. The number of carbonyl (C=O) groups excluding carboxylic acids is 2. The first-order chi connectivity index (χ1) is 16.8. The van der Waals surface area contributed by atoms with Gasteiger partial charge in [-0.1, -0.05) is 36.4 Å². The molecule has 0 spiro atoms. The predicted molar refractivity (Wildman–Crippen MR) is 134 cm³/mol. The van der Waals surface area contributed by atoms with Crippen LogP contribution in [0, 0.1) is 0 Å². The molecule has 9 nitrogen and oxygen atoms in total. The number of nitrogens with one attached hydrogen (secondary N) is 2. The fraction of sp³-hybridized carbons (Fsp3) is 0.200. The van der Waals surface area contributed by atoms with Gasteiger partial charge in [0.15, 0.2) is 6.10 Å². The fourth-order valence-electron chi connectivity index (χ4n) is 3.80. The Labute approximate surface area is 204 Å². The van der Waals surface area contributed by atoms with Crippen LogP contribution in [-0.2, 0) is 19.6 Å². The number of fused-ring (bicyclic) bond motifs is 1. The summed E-state index contributed by atoms with van der Waals surface area (Å²) in [6.07, 6.45) is -0.760. The second-order valence-corrected chi connectivity index (χ2v) is 9.92. The molecular weight excluding hydrogens is 468 g/mol. The van der Waals surface area contributed by atoms with Crippen LogP contribution >= 0.6 is 0 Å². The van der Waals surface area contributed by atoms with E-state index in [-0.39, 0.29) is 29.8 Å². The minimum absolute atomic E-state index is 0.0469. The van der Waals surface area contributed by atoms with Crippen molar-refractivity contribution in [3.05, 3.63) is 78.9 Å².